The van der Waals surface area contributed by atoms with Gasteiger partial charge in [0.2, 0.25) is 0 Å². The molecule has 1 rings (SSSR count). The third kappa shape index (κ3) is 5.10. The van der Waals surface area contributed by atoms with Crippen LogP contribution in [0.1, 0.15) is 32.6 Å². The molecular formula is C13H25NO4S. The number of hydrogen-bond acceptors (Lipinski definition) is 4. The Kier molecular flexibility index (Phi) is 5.80. The van der Waals surface area contributed by atoms with Gasteiger partial charge >= 0.3 is 5.97 Å². The molecule has 1 fully saturated rings. The summed E-state index contributed by atoms with van der Waals surface area (Å²) >= 11 is 0. The Labute approximate surface area is 115 Å². The van der Waals surface area contributed by atoms with E-state index in [2.05, 4.69) is 6.92 Å². The third-order valence-corrected chi connectivity index (χ3v) is 5.12. The highest BCUT2D eigenvalue weighted by Crippen LogP contribution is 2.33. The summed E-state index contributed by atoms with van der Waals surface area (Å²) in [5.41, 5.74) is 0. The van der Waals surface area contributed by atoms with Gasteiger partial charge in [-0.15, -0.1) is 0 Å². The summed E-state index contributed by atoms with van der Waals surface area (Å²) in [6.07, 6.45) is 4.79. The van der Waals surface area contributed by atoms with Gasteiger partial charge in [-0.05, 0) is 32.2 Å². The minimum Gasteiger partial charge on any atom is -0.481 e. The Morgan fingerprint density at radius 3 is 2.47 bits per heavy atom. The largest absolute Gasteiger partial charge is 0.481 e. The second-order valence-corrected chi connectivity index (χ2v) is 7.97. The van der Waals surface area contributed by atoms with Crippen molar-refractivity contribution in [3.05, 3.63) is 0 Å². The zero-order chi connectivity index (χ0) is 14.6. The van der Waals surface area contributed by atoms with Gasteiger partial charge in [0, 0.05) is 18.8 Å². The molecule has 0 bridgehead atoms. The lowest BCUT2D eigenvalue weighted by Crippen LogP contribution is -2.46. The molecule has 6 heteroatoms. The number of hydrogen-bond donors (Lipinski definition) is 1. The molecule has 112 valence electrons. The van der Waals surface area contributed by atoms with Crippen LogP contribution in [0.2, 0.25) is 0 Å². The molecule has 0 radical (unpaired) electrons. The minimum absolute atomic E-state index is 0.0436. The van der Waals surface area contributed by atoms with Crippen LogP contribution in [0, 0.1) is 11.8 Å². The van der Waals surface area contributed by atoms with E-state index >= 15 is 0 Å². The SMILES string of the molecule is CCC1CCC(C(=O)O)C(N(C)CCS(C)(=O)=O)C1. The van der Waals surface area contributed by atoms with E-state index in [0.717, 1.165) is 19.3 Å². The molecule has 0 spiro atoms. The standard InChI is InChI=1S/C13H25NO4S/c1-4-10-5-6-11(13(15)16)12(9-10)14(2)7-8-19(3,17)18/h10-12H,4-9H2,1-3H3,(H,15,16). The van der Waals surface area contributed by atoms with Gasteiger partial charge in [0.25, 0.3) is 0 Å². The molecule has 0 aromatic heterocycles. The summed E-state index contributed by atoms with van der Waals surface area (Å²) in [6.45, 7) is 2.53. The van der Waals surface area contributed by atoms with Gasteiger partial charge in [-0.1, -0.05) is 13.3 Å². The third-order valence-electron chi connectivity index (χ3n) is 4.20. The lowest BCUT2D eigenvalue weighted by atomic mass is 9.76. The van der Waals surface area contributed by atoms with Crippen molar-refractivity contribution in [3.63, 3.8) is 0 Å². The molecule has 3 atom stereocenters. The van der Waals surface area contributed by atoms with E-state index in [9.17, 15) is 18.3 Å². The maximum absolute atomic E-state index is 11.3. The predicted molar refractivity (Wildman–Crippen MR) is 74.9 cm³/mol. The van der Waals surface area contributed by atoms with Crippen molar-refractivity contribution in [3.8, 4) is 0 Å². The average Bonchev–Trinajstić information content (AvgIpc) is 2.34. The van der Waals surface area contributed by atoms with Crippen LogP contribution >= 0.6 is 0 Å². The van der Waals surface area contributed by atoms with E-state index in [0.29, 0.717) is 18.9 Å². The maximum atomic E-state index is 11.3. The molecule has 0 saturated heterocycles. The summed E-state index contributed by atoms with van der Waals surface area (Å²) < 4.78 is 22.4. The highest BCUT2D eigenvalue weighted by Gasteiger charge is 2.36. The summed E-state index contributed by atoms with van der Waals surface area (Å²) in [7, 11) is -1.17. The van der Waals surface area contributed by atoms with E-state index < -0.39 is 15.8 Å². The highest BCUT2D eigenvalue weighted by atomic mass is 32.2. The zero-order valence-electron chi connectivity index (χ0n) is 12.0. The van der Waals surface area contributed by atoms with Crippen molar-refractivity contribution in [1.82, 2.24) is 4.90 Å². The zero-order valence-corrected chi connectivity index (χ0v) is 12.8. The minimum atomic E-state index is -3.00. The first-order valence-electron chi connectivity index (χ1n) is 6.85. The molecule has 0 heterocycles. The van der Waals surface area contributed by atoms with Crippen molar-refractivity contribution in [1.29, 1.82) is 0 Å². The van der Waals surface area contributed by atoms with Crippen LogP contribution in [0.3, 0.4) is 0 Å². The first-order chi connectivity index (χ1) is 8.74. The monoisotopic (exact) mass is 291 g/mol. The Hall–Kier alpha value is -0.620. The van der Waals surface area contributed by atoms with Gasteiger partial charge in [-0.3, -0.25) is 4.79 Å². The van der Waals surface area contributed by atoms with E-state index in [1.165, 1.54) is 6.26 Å². The number of sulfone groups is 1. The number of rotatable bonds is 6. The number of carbonyl (C=O) groups is 1. The van der Waals surface area contributed by atoms with Crippen molar-refractivity contribution in [2.45, 2.75) is 38.6 Å². The van der Waals surface area contributed by atoms with E-state index in [1.807, 2.05) is 11.9 Å². The quantitative estimate of drug-likeness (QED) is 0.797. The molecule has 19 heavy (non-hydrogen) atoms. The summed E-state index contributed by atoms with van der Waals surface area (Å²) in [6, 6.07) is -0.0436. The molecule has 0 aromatic carbocycles. The van der Waals surface area contributed by atoms with E-state index in [-0.39, 0.29) is 17.7 Å². The van der Waals surface area contributed by atoms with Crippen molar-refractivity contribution < 1.29 is 18.3 Å². The number of carboxylic acids is 1. The highest BCUT2D eigenvalue weighted by molar-refractivity contribution is 7.90. The first kappa shape index (κ1) is 16.4. The van der Waals surface area contributed by atoms with Crippen molar-refractivity contribution >= 4 is 15.8 Å². The van der Waals surface area contributed by atoms with Gasteiger partial charge in [0.05, 0.1) is 11.7 Å². The Bertz CT molecular complexity index is 407. The molecule has 0 aliphatic heterocycles. The molecule has 1 aliphatic rings. The summed E-state index contributed by atoms with van der Waals surface area (Å²) in [5, 5.41) is 9.30. The first-order valence-corrected chi connectivity index (χ1v) is 8.91. The second-order valence-electron chi connectivity index (χ2n) is 5.71. The Morgan fingerprint density at radius 2 is 2.00 bits per heavy atom. The normalized spacial score (nSPS) is 28.5. The van der Waals surface area contributed by atoms with Crippen LogP contribution in [0.4, 0.5) is 0 Å². The Morgan fingerprint density at radius 1 is 1.37 bits per heavy atom. The number of aliphatic carboxylic acids is 1. The van der Waals surface area contributed by atoms with Crippen molar-refractivity contribution in [2.75, 3.05) is 25.6 Å². The topological polar surface area (TPSA) is 74.7 Å². The number of carboxylic acid groups (broad SMARTS) is 1. The molecular weight excluding hydrogens is 266 g/mol. The van der Waals surface area contributed by atoms with Gasteiger partial charge in [-0.25, -0.2) is 8.42 Å². The van der Waals surface area contributed by atoms with Gasteiger partial charge in [0.1, 0.15) is 9.84 Å². The van der Waals surface area contributed by atoms with Crippen LogP contribution in [0.25, 0.3) is 0 Å². The Balaban J connectivity index is 2.70. The van der Waals surface area contributed by atoms with Gasteiger partial charge in [0.15, 0.2) is 0 Å². The lowest BCUT2D eigenvalue weighted by molar-refractivity contribution is -0.146. The summed E-state index contributed by atoms with van der Waals surface area (Å²) in [4.78, 5) is 13.2. The fourth-order valence-corrected chi connectivity index (χ4v) is 3.47. The van der Waals surface area contributed by atoms with Crippen molar-refractivity contribution in [2.24, 2.45) is 11.8 Å². The van der Waals surface area contributed by atoms with Crippen LogP contribution in [-0.4, -0.2) is 56.0 Å². The maximum Gasteiger partial charge on any atom is 0.308 e. The summed E-state index contributed by atoms with van der Waals surface area (Å²) in [5.74, 6) is -0.484. The molecule has 1 saturated carbocycles. The van der Waals surface area contributed by atoms with Crippen LogP contribution in [0.5, 0.6) is 0 Å². The molecule has 3 unspecified atom stereocenters. The second kappa shape index (κ2) is 6.70. The number of nitrogens with zero attached hydrogens (tertiary/aromatic N) is 1. The average molecular weight is 291 g/mol. The van der Waals surface area contributed by atoms with Crippen LogP contribution < -0.4 is 0 Å². The van der Waals surface area contributed by atoms with Gasteiger partial charge < -0.3 is 10.0 Å². The van der Waals surface area contributed by atoms with E-state index in [4.69, 9.17) is 0 Å². The fourth-order valence-electron chi connectivity index (χ4n) is 2.85. The molecule has 0 aromatic rings. The lowest BCUT2D eigenvalue weighted by Gasteiger charge is -2.39. The molecule has 1 N–H and O–H groups in total. The van der Waals surface area contributed by atoms with Gasteiger partial charge in [-0.2, -0.15) is 0 Å². The van der Waals surface area contributed by atoms with Crippen LogP contribution in [0.15, 0.2) is 0 Å². The fraction of sp³-hybridized carbons (Fsp3) is 0.923. The predicted octanol–water partition coefficient (Wildman–Crippen LogP) is 1.24. The molecule has 1 aliphatic carbocycles. The van der Waals surface area contributed by atoms with E-state index in [1.54, 1.807) is 0 Å². The van der Waals surface area contributed by atoms with Crippen LogP contribution in [-0.2, 0) is 14.6 Å². The smallest absolute Gasteiger partial charge is 0.308 e. The molecule has 0 amide bonds. The molecule has 5 nitrogen and oxygen atoms in total.